The molecule has 0 spiro atoms. The van der Waals surface area contributed by atoms with Gasteiger partial charge in [-0.1, -0.05) is 6.58 Å². The number of nitrogens with one attached hydrogen (secondary N) is 2. The van der Waals surface area contributed by atoms with E-state index in [4.69, 9.17) is 0 Å². The smallest absolute Gasteiger partial charge is 0.248 e. The Morgan fingerprint density at radius 1 is 2.00 bits per heavy atom. The highest BCUT2D eigenvalue weighted by Gasteiger charge is 2.09. The Hall–Kier alpha value is -1.45. The lowest BCUT2D eigenvalue weighted by atomic mass is 10.5. The van der Waals surface area contributed by atoms with Crippen LogP contribution in [0.5, 0.6) is 0 Å². The second-order valence-corrected chi connectivity index (χ2v) is 2.48. The second-order valence-electron chi connectivity index (χ2n) is 2.48. The van der Waals surface area contributed by atoms with E-state index in [0.717, 1.165) is 19.0 Å². The first kappa shape index (κ1) is 8.64. The highest BCUT2D eigenvalue weighted by Crippen LogP contribution is 1.99. The predicted octanol–water partition coefficient (Wildman–Crippen LogP) is -0.0299. The first-order valence-corrected chi connectivity index (χ1v) is 3.89. The lowest BCUT2D eigenvalue weighted by molar-refractivity contribution is -0.115. The third-order valence-electron chi connectivity index (χ3n) is 1.63. The van der Waals surface area contributed by atoms with Crippen molar-refractivity contribution in [3.8, 4) is 0 Å². The summed E-state index contributed by atoms with van der Waals surface area (Å²) in [7, 11) is 0. The SMILES string of the molecule is C=CC(=O)NC1=CN(CC)CN1. The molecule has 0 atom stereocenters. The van der Waals surface area contributed by atoms with Crippen LogP contribution in [0.3, 0.4) is 0 Å². The van der Waals surface area contributed by atoms with Crippen LogP contribution in [0.15, 0.2) is 24.7 Å². The molecule has 0 saturated heterocycles. The summed E-state index contributed by atoms with van der Waals surface area (Å²) in [4.78, 5) is 12.9. The number of hydrogen-bond acceptors (Lipinski definition) is 3. The molecule has 0 radical (unpaired) electrons. The molecule has 1 aliphatic rings. The summed E-state index contributed by atoms with van der Waals surface area (Å²) in [5.41, 5.74) is 0. The maximum Gasteiger partial charge on any atom is 0.248 e. The van der Waals surface area contributed by atoms with Gasteiger partial charge in [0.2, 0.25) is 5.91 Å². The molecule has 4 heteroatoms. The number of rotatable bonds is 3. The molecule has 0 fully saturated rings. The fraction of sp³-hybridized carbons (Fsp3) is 0.375. The van der Waals surface area contributed by atoms with Gasteiger partial charge in [-0.25, -0.2) is 0 Å². The van der Waals surface area contributed by atoms with E-state index in [1.165, 1.54) is 6.08 Å². The molecule has 0 aliphatic carbocycles. The van der Waals surface area contributed by atoms with E-state index >= 15 is 0 Å². The lowest BCUT2D eigenvalue weighted by Gasteiger charge is -2.08. The molecule has 0 saturated carbocycles. The summed E-state index contributed by atoms with van der Waals surface area (Å²) in [5.74, 6) is 0.549. The minimum atomic E-state index is -0.188. The maximum atomic E-state index is 10.8. The number of carbonyl (C=O) groups is 1. The Labute approximate surface area is 71.9 Å². The van der Waals surface area contributed by atoms with E-state index in [0.29, 0.717) is 0 Å². The van der Waals surface area contributed by atoms with Gasteiger partial charge >= 0.3 is 0 Å². The zero-order chi connectivity index (χ0) is 8.97. The van der Waals surface area contributed by atoms with Crippen molar-refractivity contribution in [1.29, 1.82) is 0 Å². The van der Waals surface area contributed by atoms with Crippen LogP contribution in [0.25, 0.3) is 0 Å². The van der Waals surface area contributed by atoms with Crippen molar-refractivity contribution in [3.05, 3.63) is 24.7 Å². The molecule has 1 rings (SSSR count). The van der Waals surface area contributed by atoms with Crippen LogP contribution in [0, 0.1) is 0 Å². The molecule has 0 unspecified atom stereocenters. The number of amides is 1. The minimum absolute atomic E-state index is 0.188. The molecule has 0 aromatic carbocycles. The third-order valence-corrected chi connectivity index (χ3v) is 1.63. The van der Waals surface area contributed by atoms with Gasteiger partial charge in [-0.2, -0.15) is 0 Å². The molecule has 12 heavy (non-hydrogen) atoms. The molecular weight excluding hydrogens is 154 g/mol. The van der Waals surface area contributed by atoms with Crippen molar-refractivity contribution in [3.63, 3.8) is 0 Å². The van der Waals surface area contributed by atoms with Gasteiger partial charge in [-0.05, 0) is 13.0 Å². The van der Waals surface area contributed by atoms with Crippen LogP contribution in [0.1, 0.15) is 6.92 Å². The first-order valence-electron chi connectivity index (χ1n) is 3.89. The molecule has 0 bridgehead atoms. The van der Waals surface area contributed by atoms with Gasteiger partial charge in [0, 0.05) is 12.7 Å². The lowest BCUT2D eigenvalue weighted by Crippen LogP contribution is -2.28. The van der Waals surface area contributed by atoms with Crippen LogP contribution in [-0.2, 0) is 4.79 Å². The van der Waals surface area contributed by atoms with Crippen molar-refractivity contribution in [1.82, 2.24) is 15.5 Å². The first-order chi connectivity index (χ1) is 5.76. The fourth-order valence-corrected chi connectivity index (χ4v) is 0.924. The summed E-state index contributed by atoms with van der Waals surface area (Å²) in [5, 5.41) is 5.67. The molecule has 1 aliphatic heterocycles. The Morgan fingerprint density at radius 2 is 2.75 bits per heavy atom. The van der Waals surface area contributed by atoms with Gasteiger partial charge in [-0.15, -0.1) is 0 Å². The van der Waals surface area contributed by atoms with Gasteiger partial charge < -0.3 is 15.5 Å². The summed E-state index contributed by atoms with van der Waals surface area (Å²) in [6.45, 7) is 7.10. The van der Waals surface area contributed by atoms with Crippen molar-refractivity contribution in [2.75, 3.05) is 13.2 Å². The minimum Gasteiger partial charge on any atom is -0.357 e. The van der Waals surface area contributed by atoms with Gasteiger partial charge in [0.05, 0.1) is 6.67 Å². The zero-order valence-electron chi connectivity index (χ0n) is 7.13. The van der Waals surface area contributed by atoms with E-state index < -0.39 is 0 Å². The molecule has 0 aromatic rings. The summed E-state index contributed by atoms with van der Waals surface area (Å²) < 4.78 is 0. The normalized spacial score (nSPS) is 15.1. The van der Waals surface area contributed by atoms with Gasteiger partial charge in [0.1, 0.15) is 5.82 Å². The second kappa shape index (κ2) is 3.80. The average Bonchev–Trinajstić information content (AvgIpc) is 2.52. The van der Waals surface area contributed by atoms with Crippen LogP contribution in [0.2, 0.25) is 0 Å². The molecule has 1 amide bonds. The van der Waals surface area contributed by atoms with Crippen LogP contribution >= 0.6 is 0 Å². The van der Waals surface area contributed by atoms with Crippen LogP contribution < -0.4 is 10.6 Å². The topological polar surface area (TPSA) is 44.4 Å². The summed E-state index contributed by atoms with van der Waals surface area (Å²) in [6, 6.07) is 0. The number of hydrogen-bond donors (Lipinski definition) is 2. The van der Waals surface area contributed by atoms with Crippen molar-refractivity contribution in [2.24, 2.45) is 0 Å². The average molecular weight is 167 g/mol. The van der Waals surface area contributed by atoms with Crippen LogP contribution in [0.4, 0.5) is 0 Å². The van der Waals surface area contributed by atoms with Crippen molar-refractivity contribution in [2.45, 2.75) is 6.92 Å². The van der Waals surface area contributed by atoms with E-state index in [-0.39, 0.29) is 5.91 Å². The molecule has 66 valence electrons. The molecule has 4 nitrogen and oxygen atoms in total. The summed E-state index contributed by atoms with van der Waals surface area (Å²) >= 11 is 0. The van der Waals surface area contributed by atoms with Gasteiger partial charge in [0.25, 0.3) is 0 Å². The largest absolute Gasteiger partial charge is 0.357 e. The van der Waals surface area contributed by atoms with E-state index in [1.54, 1.807) is 0 Å². The maximum absolute atomic E-state index is 10.8. The molecule has 1 heterocycles. The Morgan fingerprint density at radius 3 is 3.25 bits per heavy atom. The highest BCUT2D eigenvalue weighted by atomic mass is 16.1. The van der Waals surface area contributed by atoms with Crippen molar-refractivity contribution >= 4 is 5.91 Å². The van der Waals surface area contributed by atoms with Gasteiger partial charge in [0.15, 0.2) is 0 Å². The Kier molecular flexibility index (Phi) is 2.74. The fourth-order valence-electron chi connectivity index (χ4n) is 0.924. The molecular formula is C8H13N3O. The third kappa shape index (κ3) is 2.02. The Balaban J connectivity index is 2.44. The zero-order valence-corrected chi connectivity index (χ0v) is 7.13. The standard InChI is InChI=1S/C8H13N3O/c1-3-8(12)10-7-5-11(4-2)6-9-7/h3,5,9H,1,4,6H2,2H3,(H,10,12). The quantitative estimate of drug-likeness (QED) is 0.580. The predicted molar refractivity (Wildman–Crippen MR) is 46.8 cm³/mol. The van der Waals surface area contributed by atoms with Crippen molar-refractivity contribution < 1.29 is 4.79 Å². The van der Waals surface area contributed by atoms with E-state index in [9.17, 15) is 4.79 Å². The monoisotopic (exact) mass is 167 g/mol. The number of nitrogens with zero attached hydrogens (tertiary/aromatic N) is 1. The molecule has 0 aromatic heterocycles. The van der Waals surface area contributed by atoms with Crippen LogP contribution in [-0.4, -0.2) is 24.0 Å². The van der Waals surface area contributed by atoms with Gasteiger partial charge in [-0.3, -0.25) is 4.79 Å². The Bertz CT molecular complexity index is 222. The number of carbonyl (C=O) groups excluding carboxylic acids is 1. The molecule has 2 N–H and O–H groups in total. The van der Waals surface area contributed by atoms with E-state index in [2.05, 4.69) is 29.0 Å². The summed E-state index contributed by atoms with van der Waals surface area (Å²) in [6.07, 6.45) is 3.12. The van der Waals surface area contributed by atoms with E-state index in [1.807, 2.05) is 6.20 Å². The highest BCUT2D eigenvalue weighted by molar-refractivity contribution is 5.88.